The molecule has 25 heavy (non-hydrogen) atoms. The third-order valence-electron chi connectivity index (χ3n) is 3.62. The molecule has 8 heteroatoms. The summed E-state index contributed by atoms with van der Waals surface area (Å²) in [6.07, 6.45) is 3.60. The van der Waals surface area contributed by atoms with Crippen LogP contribution in [0.2, 0.25) is 5.15 Å². The predicted octanol–water partition coefficient (Wildman–Crippen LogP) is 4.39. The van der Waals surface area contributed by atoms with Gasteiger partial charge in [-0.1, -0.05) is 23.4 Å². The minimum atomic E-state index is -0.306. The number of imidazole rings is 1. The molecule has 0 saturated heterocycles. The molecule has 0 amide bonds. The quantitative estimate of drug-likeness (QED) is 0.303. The zero-order valence-corrected chi connectivity index (χ0v) is 14.6. The lowest BCUT2D eigenvalue weighted by Crippen LogP contribution is -2.02. The molecule has 124 valence electrons. The number of fused-ring (bicyclic) bond motifs is 1. The van der Waals surface area contributed by atoms with Gasteiger partial charge in [-0.05, 0) is 48.7 Å². The first-order valence-corrected chi connectivity index (χ1v) is 8.94. The summed E-state index contributed by atoms with van der Waals surface area (Å²) < 4.78 is 15.2. The van der Waals surface area contributed by atoms with Crippen molar-refractivity contribution in [3.63, 3.8) is 0 Å². The number of benzene rings is 1. The van der Waals surface area contributed by atoms with Crippen LogP contribution >= 0.6 is 23.4 Å². The largest absolute Gasteiger partial charge is 0.274 e. The van der Waals surface area contributed by atoms with Gasteiger partial charge in [0.1, 0.15) is 22.6 Å². The van der Waals surface area contributed by atoms with Crippen LogP contribution in [0, 0.1) is 5.82 Å². The fourth-order valence-electron chi connectivity index (χ4n) is 2.52. The molecular weight excluding hydrogens is 361 g/mol. The van der Waals surface area contributed by atoms with Crippen LogP contribution in [0.1, 0.15) is 0 Å². The Kier molecular flexibility index (Phi) is 4.10. The first kappa shape index (κ1) is 16.0. The molecule has 4 aromatic rings. The summed E-state index contributed by atoms with van der Waals surface area (Å²) in [6, 6.07) is 11.5. The van der Waals surface area contributed by atoms with Crippen LogP contribution in [-0.2, 0) is 0 Å². The number of halogens is 2. The average molecular weight is 372 g/mol. The maximum absolute atomic E-state index is 13.3. The van der Waals surface area contributed by atoms with Gasteiger partial charge in [-0.25, -0.2) is 24.3 Å². The highest BCUT2D eigenvalue weighted by molar-refractivity contribution is 7.98. The van der Waals surface area contributed by atoms with Crippen molar-refractivity contribution >= 4 is 34.5 Å². The monoisotopic (exact) mass is 371 g/mol. The van der Waals surface area contributed by atoms with Crippen molar-refractivity contribution in [1.82, 2.24) is 24.5 Å². The maximum Gasteiger partial charge on any atom is 0.189 e. The fourth-order valence-corrected chi connectivity index (χ4v) is 3.01. The van der Waals surface area contributed by atoms with Crippen LogP contribution in [0.25, 0.3) is 28.4 Å². The average Bonchev–Trinajstić information content (AvgIpc) is 3.00. The second-order valence-electron chi connectivity index (χ2n) is 5.16. The van der Waals surface area contributed by atoms with E-state index < -0.39 is 0 Å². The third kappa shape index (κ3) is 2.96. The predicted molar refractivity (Wildman–Crippen MR) is 96.6 cm³/mol. The Hall–Kier alpha value is -2.51. The maximum atomic E-state index is 13.3. The SMILES string of the molecule is CSc1nccc(-n2c(-c3ccc(F)cc3)nc3nc(Cl)ccc32)n1. The molecule has 0 aliphatic heterocycles. The van der Waals surface area contributed by atoms with Gasteiger partial charge < -0.3 is 0 Å². The summed E-state index contributed by atoms with van der Waals surface area (Å²) >= 11 is 7.45. The highest BCUT2D eigenvalue weighted by atomic mass is 35.5. The van der Waals surface area contributed by atoms with E-state index in [0.29, 0.717) is 27.6 Å². The van der Waals surface area contributed by atoms with E-state index in [-0.39, 0.29) is 5.82 Å². The summed E-state index contributed by atoms with van der Waals surface area (Å²) in [7, 11) is 0. The van der Waals surface area contributed by atoms with Gasteiger partial charge >= 0.3 is 0 Å². The topological polar surface area (TPSA) is 56.5 Å². The van der Waals surface area contributed by atoms with Crippen LogP contribution in [0.15, 0.2) is 53.8 Å². The van der Waals surface area contributed by atoms with Crippen molar-refractivity contribution in [3.05, 3.63) is 59.6 Å². The molecule has 0 radical (unpaired) electrons. The standard InChI is InChI=1S/C17H11ClFN5S/c1-25-17-20-9-8-14(22-17)24-12-6-7-13(18)21-15(12)23-16(24)10-2-4-11(19)5-3-10/h2-9H,1H3. The highest BCUT2D eigenvalue weighted by Gasteiger charge is 2.17. The number of pyridine rings is 1. The Morgan fingerprint density at radius 3 is 2.56 bits per heavy atom. The number of hydrogen-bond acceptors (Lipinski definition) is 5. The van der Waals surface area contributed by atoms with Crippen LogP contribution in [-0.4, -0.2) is 30.8 Å². The Morgan fingerprint density at radius 1 is 1.00 bits per heavy atom. The van der Waals surface area contributed by atoms with Crippen LogP contribution in [0.5, 0.6) is 0 Å². The number of thioether (sulfide) groups is 1. The highest BCUT2D eigenvalue weighted by Crippen LogP contribution is 2.28. The summed E-state index contributed by atoms with van der Waals surface area (Å²) in [5.41, 5.74) is 2.01. The van der Waals surface area contributed by atoms with Gasteiger partial charge in [-0.2, -0.15) is 0 Å². The van der Waals surface area contributed by atoms with Crippen LogP contribution < -0.4 is 0 Å². The third-order valence-corrected chi connectivity index (χ3v) is 4.39. The Bertz CT molecular complexity index is 1060. The molecule has 0 fully saturated rings. The molecule has 0 saturated carbocycles. The molecule has 4 rings (SSSR count). The normalized spacial score (nSPS) is 11.2. The van der Waals surface area contributed by atoms with Gasteiger partial charge in [-0.15, -0.1) is 0 Å². The van der Waals surface area contributed by atoms with Crippen LogP contribution in [0.4, 0.5) is 4.39 Å². The van der Waals surface area contributed by atoms with Gasteiger partial charge in [0.15, 0.2) is 10.8 Å². The zero-order valence-electron chi connectivity index (χ0n) is 13.0. The number of hydrogen-bond donors (Lipinski definition) is 0. The zero-order chi connectivity index (χ0) is 17.4. The lowest BCUT2D eigenvalue weighted by molar-refractivity contribution is 0.628. The van der Waals surface area contributed by atoms with Gasteiger partial charge in [-0.3, -0.25) is 4.57 Å². The first-order chi connectivity index (χ1) is 12.2. The van der Waals surface area contributed by atoms with E-state index >= 15 is 0 Å². The summed E-state index contributed by atoms with van der Waals surface area (Å²) in [4.78, 5) is 17.6. The second-order valence-corrected chi connectivity index (χ2v) is 6.32. The lowest BCUT2D eigenvalue weighted by atomic mass is 10.2. The number of nitrogens with zero attached hydrogens (tertiary/aromatic N) is 5. The summed E-state index contributed by atoms with van der Waals surface area (Å²) in [6.45, 7) is 0. The van der Waals surface area contributed by atoms with E-state index in [2.05, 4.69) is 19.9 Å². The van der Waals surface area contributed by atoms with E-state index in [0.717, 1.165) is 11.1 Å². The van der Waals surface area contributed by atoms with Crippen molar-refractivity contribution in [2.75, 3.05) is 6.26 Å². The summed E-state index contributed by atoms with van der Waals surface area (Å²) in [5, 5.41) is 1.00. The minimum absolute atomic E-state index is 0.306. The van der Waals surface area contributed by atoms with Crippen molar-refractivity contribution in [2.24, 2.45) is 0 Å². The van der Waals surface area contributed by atoms with Gasteiger partial charge in [0.25, 0.3) is 0 Å². The van der Waals surface area contributed by atoms with E-state index in [4.69, 9.17) is 11.6 Å². The van der Waals surface area contributed by atoms with Gasteiger partial charge in [0.05, 0.1) is 5.52 Å². The van der Waals surface area contributed by atoms with Crippen molar-refractivity contribution in [3.8, 4) is 17.2 Å². The first-order valence-electron chi connectivity index (χ1n) is 7.34. The molecule has 0 N–H and O–H groups in total. The molecule has 0 aliphatic rings. The molecule has 5 nitrogen and oxygen atoms in total. The Morgan fingerprint density at radius 2 is 1.80 bits per heavy atom. The number of aromatic nitrogens is 5. The number of rotatable bonds is 3. The lowest BCUT2D eigenvalue weighted by Gasteiger charge is -2.09. The molecule has 0 atom stereocenters. The molecule has 3 aromatic heterocycles. The molecule has 1 aromatic carbocycles. The van der Waals surface area contributed by atoms with E-state index in [1.807, 2.05) is 16.9 Å². The molecule has 0 aliphatic carbocycles. The van der Waals surface area contributed by atoms with Crippen LogP contribution in [0.3, 0.4) is 0 Å². The smallest absolute Gasteiger partial charge is 0.189 e. The summed E-state index contributed by atoms with van der Waals surface area (Å²) in [5.74, 6) is 0.958. The fraction of sp³-hybridized carbons (Fsp3) is 0.0588. The molecule has 0 unspecified atom stereocenters. The van der Waals surface area contributed by atoms with E-state index in [1.165, 1.54) is 23.9 Å². The second kappa shape index (κ2) is 6.42. The Balaban J connectivity index is 2.02. The Labute approximate surface area is 151 Å². The molecule has 3 heterocycles. The molecule has 0 spiro atoms. The van der Waals surface area contributed by atoms with Crippen molar-refractivity contribution in [1.29, 1.82) is 0 Å². The van der Waals surface area contributed by atoms with Crippen molar-refractivity contribution in [2.45, 2.75) is 5.16 Å². The van der Waals surface area contributed by atoms with Gasteiger partial charge in [0, 0.05) is 11.8 Å². The van der Waals surface area contributed by atoms with E-state index in [9.17, 15) is 4.39 Å². The van der Waals surface area contributed by atoms with E-state index in [1.54, 1.807) is 30.5 Å². The molecule has 0 bridgehead atoms. The van der Waals surface area contributed by atoms with Gasteiger partial charge in [0.2, 0.25) is 0 Å². The van der Waals surface area contributed by atoms with Crippen molar-refractivity contribution < 1.29 is 4.39 Å². The minimum Gasteiger partial charge on any atom is -0.274 e. The molecular formula is C17H11ClFN5S.